The first-order valence-electron chi connectivity index (χ1n) is 5.89. The average molecular weight is 311 g/mol. The number of nitrogens with zero attached hydrogens (tertiary/aromatic N) is 3. The average Bonchev–Trinajstić information content (AvgIpc) is 2.91. The predicted molar refractivity (Wildman–Crippen MR) is 74.9 cm³/mol. The standard InChI is InChI=1S/C11H13N5O4S/c12-9-1-2-11(10(7-9)16(17)18)21(19,20)14-4-6-15-5-3-13-8-15/h1-3,5,7-8,14H,4,6,12H2. The summed E-state index contributed by atoms with van der Waals surface area (Å²) in [7, 11) is -3.99. The number of nitrogens with one attached hydrogen (secondary N) is 1. The first-order chi connectivity index (χ1) is 9.90. The third kappa shape index (κ3) is 3.55. The van der Waals surface area contributed by atoms with E-state index in [4.69, 9.17) is 5.73 Å². The van der Waals surface area contributed by atoms with Gasteiger partial charge < -0.3 is 10.3 Å². The van der Waals surface area contributed by atoms with E-state index in [1.807, 2.05) is 0 Å². The molecule has 0 aliphatic rings. The molecule has 0 aliphatic carbocycles. The van der Waals surface area contributed by atoms with Crippen molar-refractivity contribution in [2.24, 2.45) is 0 Å². The summed E-state index contributed by atoms with van der Waals surface area (Å²) in [5, 5.41) is 10.9. The topological polar surface area (TPSA) is 133 Å². The summed E-state index contributed by atoms with van der Waals surface area (Å²) in [4.78, 5) is 13.6. The van der Waals surface area contributed by atoms with Crippen molar-refractivity contribution in [2.75, 3.05) is 12.3 Å². The molecule has 0 aliphatic heterocycles. The molecule has 0 unspecified atom stereocenters. The number of aromatic nitrogens is 2. The highest BCUT2D eigenvalue weighted by atomic mass is 32.2. The minimum atomic E-state index is -3.99. The Balaban J connectivity index is 2.17. The molecule has 0 saturated carbocycles. The fourth-order valence-electron chi connectivity index (χ4n) is 1.71. The molecule has 9 nitrogen and oxygen atoms in total. The van der Waals surface area contributed by atoms with Crippen LogP contribution in [0.5, 0.6) is 0 Å². The molecule has 0 amide bonds. The van der Waals surface area contributed by atoms with Gasteiger partial charge in [0, 0.05) is 37.2 Å². The number of sulfonamides is 1. The Morgan fingerprint density at radius 3 is 2.81 bits per heavy atom. The Morgan fingerprint density at radius 1 is 1.43 bits per heavy atom. The lowest BCUT2D eigenvalue weighted by atomic mass is 10.3. The van der Waals surface area contributed by atoms with Gasteiger partial charge in [-0.15, -0.1) is 0 Å². The van der Waals surface area contributed by atoms with Crippen LogP contribution in [0.3, 0.4) is 0 Å². The van der Waals surface area contributed by atoms with E-state index < -0.39 is 25.5 Å². The predicted octanol–water partition coefficient (Wildman–Crippen LogP) is 0.352. The number of nitrogen functional groups attached to an aromatic ring is 1. The monoisotopic (exact) mass is 311 g/mol. The molecule has 3 N–H and O–H groups in total. The molecule has 0 atom stereocenters. The summed E-state index contributed by atoms with van der Waals surface area (Å²) in [6, 6.07) is 3.44. The second-order valence-electron chi connectivity index (χ2n) is 4.18. The van der Waals surface area contributed by atoms with E-state index in [-0.39, 0.29) is 12.2 Å². The lowest BCUT2D eigenvalue weighted by Gasteiger charge is -2.08. The summed E-state index contributed by atoms with van der Waals surface area (Å²) in [6.45, 7) is 0.447. The van der Waals surface area contributed by atoms with Gasteiger partial charge in [-0.3, -0.25) is 10.1 Å². The molecular weight excluding hydrogens is 298 g/mol. The Morgan fingerprint density at radius 2 is 2.19 bits per heavy atom. The maximum absolute atomic E-state index is 12.1. The van der Waals surface area contributed by atoms with Crippen LogP contribution >= 0.6 is 0 Å². The lowest BCUT2D eigenvalue weighted by molar-refractivity contribution is -0.387. The fourth-order valence-corrected chi connectivity index (χ4v) is 2.88. The van der Waals surface area contributed by atoms with Gasteiger partial charge in [-0.05, 0) is 12.1 Å². The Kier molecular flexibility index (Phi) is 4.19. The second kappa shape index (κ2) is 5.89. The smallest absolute Gasteiger partial charge is 0.291 e. The highest BCUT2D eigenvalue weighted by Gasteiger charge is 2.25. The van der Waals surface area contributed by atoms with Crippen molar-refractivity contribution in [1.82, 2.24) is 14.3 Å². The van der Waals surface area contributed by atoms with Crippen LogP contribution in [0.4, 0.5) is 11.4 Å². The Bertz CT molecular complexity index is 742. The van der Waals surface area contributed by atoms with Gasteiger partial charge in [-0.1, -0.05) is 0 Å². The van der Waals surface area contributed by atoms with Gasteiger partial charge in [0.05, 0.1) is 11.3 Å². The summed E-state index contributed by atoms with van der Waals surface area (Å²) in [5.74, 6) is 0. The van der Waals surface area contributed by atoms with Crippen molar-refractivity contribution in [3.8, 4) is 0 Å². The van der Waals surface area contributed by atoms with Crippen LogP contribution in [0.25, 0.3) is 0 Å². The van der Waals surface area contributed by atoms with E-state index >= 15 is 0 Å². The number of benzene rings is 1. The maximum atomic E-state index is 12.1. The first kappa shape index (κ1) is 14.9. The largest absolute Gasteiger partial charge is 0.399 e. The van der Waals surface area contributed by atoms with E-state index in [9.17, 15) is 18.5 Å². The van der Waals surface area contributed by atoms with Crippen molar-refractivity contribution >= 4 is 21.4 Å². The van der Waals surface area contributed by atoms with Crippen molar-refractivity contribution in [2.45, 2.75) is 11.4 Å². The number of hydrogen-bond acceptors (Lipinski definition) is 6. The molecule has 0 spiro atoms. The zero-order valence-electron chi connectivity index (χ0n) is 10.8. The molecule has 1 aromatic heterocycles. The molecule has 10 heteroatoms. The van der Waals surface area contributed by atoms with Gasteiger partial charge in [-0.2, -0.15) is 0 Å². The van der Waals surface area contributed by atoms with Crippen LogP contribution in [-0.4, -0.2) is 29.4 Å². The third-order valence-corrected chi connectivity index (χ3v) is 4.20. The molecular formula is C11H13N5O4S. The van der Waals surface area contributed by atoms with Gasteiger partial charge >= 0.3 is 0 Å². The molecule has 1 heterocycles. The van der Waals surface area contributed by atoms with Crippen LogP contribution in [0, 0.1) is 10.1 Å². The molecule has 0 radical (unpaired) electrons. The molecule has 0 bridgehead atoms. The zero-order valence-corrected chi connectivity index (χ0v) is 11.7. The van der Waals surface area contributed by atoms with Gasteiger partial charge in [-0.25, -0.2) is 18.1 Å². The van der Waals surface area contributed by atoms with Crippen LogP contribution in [-0.2, 0) is 16.6 Å². The Hall–Kier alpha value is -2.46. The fraction of sp³-hybridized carbons (Fsp3) is 0.182. The molecule has 112 valence electrons. The van der Waals surface area contributed by atoms with Gasteiger partial charge in [0.25, 0.3) is 5.69 Å². The normalized spacial score (nSPS) is 11.4. The first-order valence-corrected chi connectivity index (χ1v) is 7.38. The zero-order chi connectivity index (χ0) is 15.5. The number of anilines is 1. The molecule has 0 saturated heterocycles. The van der Waals surface area contributed by atoms with Crippen LogP contribution in [0.1, 0.15) is 0 Å². The summed E-state index contributed by atoms with van der Waals surface area (Å²) < 4.78 is 28.2. The summed E-state index contributed by atoms with van der Waals surface area (Å²) in [6.07, 6.45) is 4.79. The quantitative estimate of drug-likeness (QED) is 0.449. The number of nitro groups is 1. The number of rotatable bonds is 6. The van der Waals surface area contributed by atoms with Crippen molar-refractivity contribution < 1.29 is 13.3 Å². The van der Waals surface area contributed by atoms with Crippen LogP contribution in [0.15, 0.2) is 41.8 Å². The van der Waals surface area contributed by atoms with Crippen LogP contribution < -0.4 is 10.5 Å². The van der Waals surface area contributed by atoms with E-state index in [2.05, 4.69) is 9.71 Å². The number of imidazole rings is 1. The maximum Gasteiger partial charge on any atom is 0.291 e. The van der Waals surface area contributed by atoms with Crippen LogP contribution in [0.2, 0.25) is 0 Å². The van der Waals surface area contributed by atoms with Gasteiger partial charge in [0.1, 0.15) is 0 Å². The highest BCUT2D eigenvalue weighted by Crippen LogP contribution is 2.25. The molecule has 2 rings (SSSR count). The SMILES string of the molecule is Nc1ccc(S(=O)(=O)NCCn2ccnc2)c([N+](=O)[O-])c1. The molecule has 0 fully saturated rings. The lowest BCUT2D eigenvalue weighted by Crippen LogP contribution is -2.27. The van der Waals surface area contributed by atoms with Gasteiger partial charge in [0.2, 0.25) is 10.0 Å². The van der Waals surface area contributed by atoms with Crippen molar-refractivity contribution in [1.29, 1.82) is 0 Å². The number of hydrogen-bond donors (Lipinski definition) is 2. The highest BCUT2D eigenvalue weighted by molar-refractivity contribution is 7.89. The van der Waals surface area contributed by atoms with Crippen molar-refractivity contribution in [3.05, 3.63) is 47.0 Å². The minimum absolute atomic E-state index is 0.0836. The minimum Gasteiger partial charge on any atom is -0.399 e. The molecule has 21 heavy (non-hydrogen) atoms. The molecule has 1 aromatic carbocycles. The second-order valence-corrected chi connectivity index (χ2v) is 5.92. The third-order valence-electron chi connectivity index (χ3n) is 2.69. The summed E-state index contributed by atoms with van der Waals surface area (Å²) in [5.41, 5.74) is 5.02. The van der Waals surface area contributed by atoms with E-state index in [1.54, 1.807) is 23.3 Å². The summed E-state index contributed by atoms with van der Waals surface area (Å²) >= 11 is 0. The number of nitrogens with two attached hydrogens (primary N) is 1. The van der Waals surface area contributed by atoms with E-state index in [0.29, 0.717) is 6.54 Å². The number of nitro benzene ring substituents is 1. The van der Waals surface area contributed by atoms with E-state index in [1.165, 1.54) is 6.07 Å². The Labute approximate surface area is 120 Å². The van der Waals surface area contributed by atoms with Gasteiger partial charge in [0.15, 0.2) is 4.90 Å². The van der Waals surface area contributed by atoms with Crippen molar-refractivity contribution in [3.63, 3.8) is 0 Å². The van der Waals surface area contributed by atoms with E-state index in [0.717, 1.165) is 12.1 Å². The molecule has 2 aromatic rings.